The second-order valence-corrected chi connectivity index (χ2v) is 8.02. The highest BCUT2D eigenvalue weighted by atomic mass is 79.9. The molecule has 0 aliphatic carbocycles. The molecule has 1 N–H and O–H groups in total. The number of benzene rings is 3. The van der Waals surface area contributed by atoms with Gasteiger partial charge in [-0.25, -0.2) is 0 Å². The fourth-order valence-electron chi connectivity index (χ4n) is 3.13. The SMILES string of the molecule is COc1ccccc1Oc1cc(NC(=O)c2ccc(COc3ccccc3Br)o2)cc([N+](=O)[O-])c1. The molecule has 1 aromatic heterocycles. The fourth-order valence-corrected chi connectivity index (χ4v) is 3.53. The van der Waals surface area contributed by atoms with Crippen molar-refractivity contribution in [3.63, 3.8) is 0 Å². The number of furan rings is 1. The summed E-state index contributed by atoms with van der Waals surface area (Å²) >= 11 is 3.40. The summed E-state index contributed by atoms with van der Waals surface area (Å²) < 4.78 is 23.1. The molecule has 0 atom stereocenters. The standard InChI is InChI=1S/C25H19BrN2O7/c1-32-22-8-4-5-9-23(22)35-19-13-16(12-17(14-19)28(30)31)27-25(29)24-11-10-18(34-24)15-33-21-7-3-2-6-20(21)26/h2-14H,15H2,1H3,(H,27,29). The lowest BCUT2D eigenvalue weighted by molar-refractivity contribution is -0.384. The Bertz CT molecular complexity index is 1370. The van der Waals surface area contributed by atoms with E-state index in [4.69, 9.17) is 18.6 Å². The highest BCUT2D eigenvalue weighted by molar-refractivity contribution is 9.10. The zero-order valence-electron chi connectivity index (χ0n) is 18.4. The van der Waals surface area contributed by atoms with E-state index in [0.29, 0.717) is 23.0 Å². The molecule has 0 saturated carbocycles. The number of nitrogens with zero attached hydrogens (tertiary/aromatic N) is 1. The second kappa shape index (κ2) is 10.7. The van der Waals surface area contributed by atoms with Gasteiger partial charge in [-0.1, -0.05) is 24.3 Å². The first-order valence-electron chi connectivity index (χ1n) is 10.3. The molecule has 0 aliphatic rings. The van der Waals surface area contributed by atoms with Crippen LogP contribution in [0.4, 0.5) is 11.4 Å². The maximum absolute atomic E-state index is 12.7. The normalized spacial score (nSPS) is 10.5. The minimum Gasteiger partial charge on any atom is -0.493 e. The summed E-state index contributed by atoms with van der Waals surface area (Å²) in [6.45, 7) is 0.115. The topological polar surface area (TPSA) is 113 Å². The molecule has 178 valence electrons. The number of halogens is 1. The van der Waals surface area contributed by atoms with Crippen LogP contribution >= 0.6 is 15.9 Å². The summed E-state index contributed by atoms with van der Waals surface area (Å²) in [5.74, 6) is 1.49. The molecule has 0 saturated heterocycles. The van der Waals surface area contributed by atoms with Crippen LogP contribution in [0.2, 0.25) is 0 Å². The van der Waals surface area contributed by atoms with Crippen LogP contribution in [0.3, 0.4) is 0 Å². The van der Waals surface area contributed by atoms with E-state index in [1.807, 2.05) is 18.2 Å². The van der Waals surface area contributed by atoms with E-state index < -0.39 is 10.8 Å². The molecule has 10 heteroatoms. The first kappa shape index (κ1) is 23.8. The molecule has 9 nitrogen and oxygen atoms in total. The number of hydrogen-bond donors (Lipinski definition) is 1. The van der Waals surface area contributed by atoms with Crippen LogP contribution in [0.15, 0.2) is 87.8 Å². The summed E-state index contributed by atoms with van der Waals surface area (Å²) in [4.78, 5) is 23.6. The number of carbonyl (C=O) groups excluding carboxylic acids is 1. The molecule has 1 amide bonds. The minimum atomic E-state index is -0.583. The number of nitro groups is 1. The molecule has 0 radical (unpaired) electrons. The number of ether oxygens (including phenoxy) is 3. The minimum absolute atomic E-state index is 0.0226. The van der Waals surface area contributed by atoms with Gasteiger partial charge in [0.15, 0.2) is 17.3 Å². The Balaban J connectivity index is 1.49. The van der Waals surface area contributed by atoms with Gasteiger partial charge < -0.3 is 23.9 Å². The van der Waals surface area contributed by atoms with Crippen LogP contribution < -0.4 is 19.5 Å². The zero-order chi connectivity index (χ0) is 24.8. The van der Waals surface area contributed by atoms with Crippen molar-refractivity contribution in [1.82, 2.24) is 0 Å². The van der Waals surface area contributed by atoms with E-state index in [9.17, 15) is 14.9 Å². The van der Waals surface area contributed by atoms with Crippen LogP contribution in [0.5, 0.6) is 23.0 Å². The van der Waals surface area contributed by atoms with E-state index in [-0.39, 0.29) is 29.5 Å². The molecule has 1 heterocycles. The lowest BCUT2D eigenvalue weighted by Crippen LogP contribution is -2.11. The Morgan fingerprint density at radius 2 is 1.71 bits per heavy atom. The first-order chi connectivity index (χ1) is 16.9. The van der Waals surface area contributed by atoms with E-state index in [1.54, 1.807) is 36.4 Å². The summed E-state index contributed by atoms with van der Waals surface area (Å²) in [5.41, 5.74) is -0.0915. The van der Waals surface area contributed by atoms with Crippen molar-refractivity contribution in [1.29, 1.82) is 0 Å². The Labute approximate surface area is 208 Å². The number of non-ortho nitro benzene ring substituents is 1. The van der Waals surface area contributed by atoms with Gasteiger partial charge in [0.05, 0.1) is 28.3 Å². The Kier molecular flexibility index (Phi) is 7.32. The van der Waals surface area contributed by atoms with Gasteiger partial charge in [0.2, 0.25) is 0 Å². The van der Waals surface area contributed by atoms with E-state index in [2.05, 4.69) is 21.2 Å². The molecule has 0 aliphatic heterocycles. The van der Waals surface area contributed by atoms with Gasteiger partial charge in [-0.05, 0) is 52.3 Å². The number of carbonyl (C=O) groups is 1. The molecule has 4 rings (SSSR count). The van der Waals surface area contributed by atoms with Crippen LogP contribution in [0, 0.1) is 10.1 Å². The number of nitro benzene ring substituents is 1. The average molecular weight is 539 g/mol. The highest BCUT2D eigenvalue weighted by Crippen LogP contribution is 2.34. The van der Waals surface area contributed by atoms with Gasteiger partial charge in [0, 0.05) is 12.1 Å². The third-order valence-electron chi connectivity index (χ3n) is 4.75. The van der Waals surface area contributed by atoms with Crippen molar-refractivity contribution in [3.8, 4) is 23.0 Å². The number of hydrogen-bond acceptors (Lipinski definition) is 7. The van der Waals surface area contributed by atoms with Gasteiger partial charge in [0.1, 0.15) is 23.9 Å². The van der Waals surface area contributed by atoms with Crippen molar-refractivity contribution in [3.05, 3.63) is 105 Å². The van der Waals surface area contributed by atoms with Gasteiger partial charge in [-0.3, -0.25) is 14.9 Å². The summed E-state index contributed by atoms with van der Waals surface area (Å²) in [6, 6.07) is 21.3. The van der Waals surface area contributed by atoms with Crippen molar-refractivity contribution in [2.24, 2.45) is 0 Å². The number of methoxy groups -OCH3 is 1. The third-order valence-corrected chi connectivity index (χ3v) is 5.40. The van der Waals surface area contributed by atoms with Gasteiger partial charge in [0.25, 0.3) is 11.6 Å². The summed E-state index contributed by atoms with van der Waals surface area (Å²) in [5, 5.41) is 14.0. The molecule has 0 unspecified atom stereocenters. The molecule has 0 fully saturated rings. The predicted octanol–water partition coefficient (Wildman–Crippen LogP) is 6.58. The number of nitrogens with one attached hydrogen (secondary N) is 1. The number of anilines is 1. The molecule has 3 aromatic carbocycles. The quantitative estimate of drug-likeness (QED) is 0.189. The summed E-state index contributed by atoms with van der Waals surface area (Å²) in [6.07, 6.45) is 0. The van der Waals surface area contributed by atoms with E-state index >= 15 is 0 Å². The molecule has 0 bridgehead atoms. The van der Waals surface area contributed by atoms with Crippen LogP contribution in [-0.2, 0) is 6.61 Å². The number of amides is 1. The highest BCUT2D eigenvalue weighted by Gasteiger charge is 2.17. The largest absolute Gasteiger partial charge is 0.493 e. The Morgan fingerprint density at radius 1 is 1.00 bits per heavy atom. The molecule has 4 aromatic rings. The van der Waals surface area contributed by atoms with Crippen LogP contribution in [0.1, 0.15) is 16.3 Å². The average Bonchev–Trinajstić information content (AvgIpc) is 3.33. The second-order valence-electron chi connectivity index (χ2n) is 7.16. The van der Waals surface area contributed by atoms with Crippen molar-refractivity contribution < 1.29 is 28.3 Å². The van der Waals surface area contributed by atoms with Crippen molar-refractivity contribution >= 4 is 33.2 Å². The molecular weight excluding hydrogens is 520 g/mol. The van der Waals surface area contributed by atoms with Gasteiger partial charge in [-0.2, -0.15) is 0 Å². The van der Waals surface area contributed by atoms with Crippen molar-refractivity contribution in [2.75, 3.05) is 12.4 Å². The fraction of sp³-hybridized carbons (Fsp3) is 0.0800. The lowest BCUT2D eigenvalue weighted by Gasteiger charge is -2.11. The number of rotatable bonds is 9. The first-order valence-corrected chi connectivity index (χ1v) is 11.1. The van der Waals surface area contributed by atoms with E-state index in [0.717, 1.165) is 4.47 Å². The van der Waals surface area contributed by atoms with Gasteiger partial charge in [-0.15, -0.1) is 0 Å². The smallest absolute Gasteiger partial charge is 0.291 e. The molecule has 0 spiro atoms. The zero-order valence-corrected chi connectivity index (χ0v) is 20.0. The molecular formula is C25H19BrN2O7. The maximum Gasteiger partial charge on any atom is 0.291 e. The van der Waals surface area contributed by atoms with Crippen LogP contribution in [-0.4, -0.2) is 17.9 Å². The van der Waals surface area contributed by atoms with Crippen molar-refractivity contribution in [2.45, 2.75) is 6.61 Å². The van der Waals surface area contributed by atoms with Gasteiger partial charge >= 0.3 is 0 Å². The predicted molar refractivity (Wildman–Crippen MR) is 131 cm³/mol. The summed E-state index contributed by atoms with van der Waals surface area (Å²) in [7, 11) is 1.49. The lowest BCUT2D eigenvalue weighted by atomic mass is 10.2. The van der Waals surface area contributed by atoms with E-state index in [1.165, 1.54) is 31.4 Å². The number of para-hydroxylation sites is 3. The Morgan fingerprint density at radius 3 is 2.43 bits per heavy atom. The molecule has 35 heavy (non-hydrogen) atoms. The van der Waals surface area contributed by atoms with Crippen LogP contribution in [0.25, 0.3) is 0 Å². The Hall–Kier alpha value is -4.31. The maximum atomic E-state index is 12.7. The third kappa shape index (κ3) is 5.98. The monoisotopic (exact) mass is 538 g/mol.